The van der Waals surface area contributed by atoms with E-state index in [2.05, 4.69) is 10.6 Å². The lowest BCUT2D eigenvalue weighted by Gasteiger charge is -2.23. The molecule has 3 nitrogen and oxygen atoms in total. The van der Waals surface area contributed by atoms with E-state index in [9.17, 15) is 4.39 Å². The highest BCUT2D eigenvalue weighted by molar-refractivity contribution is 5.41. The van der Waals surface area contributed by atoms with Gasteiger partial charge in [0.05, 0.1) is 7.11 Å². The molecule has 0 amide bonds. The van der Waals surface area contributed by atoms with Crippen molar-refractivity contribution in [2.24, 2.45) is 5.92 Å². The Balaban J connectivity index is 1.55. The van der Waals surface area contributed by atoms with E-state index in [1.807, 2.05) is 6.07 Å². The van der Waals surface area contributed by atoms with Gasteiger partial charge in [-0.1, -0.05) is 12.1 Å². The van der Waals surface area contributed by atoms with Crippen molar-refractivity contribution in [1.29, 1.82) is 0 Å². The Morgan fingerprint density at radius 2 is 2.15 bits per heavy atom. The predicted octanol–water partition coefficient (Wildman–Crippen LogP) is 2.28. The van der Waals surface area contributed by atoms with E-state index in [-0.39, 0.29) is 5.82 Å². The van der Waals surface area contributed by atoms with E-state index >= 15 is 0 Å². The highest BCUT2D eigenvalue weighted by atomic mass is 19.1. The van der Waals surface area contributed by atoms with Gasteiger partial charge >= 0.3 is 0 Å². The summed E-state index contributed by atoms with van der Waals surface area (Å²) >= 11 is 0. The smallest absolute Gasteiger partial charge is 0.165 e. The molecule has 2 unspecified atom stereocenters. The minimum Gasteiger partial charge on any atom is -0.493 e. The quantitative estimate of drug-likeness (QED) is 0.867. The van der Waals surface area contributed by atoms with E-state index in [0.717, 1.165) is 37.5 Å². The fourth-order valence-corrected chi connectivity index (χ4v) is 3.20. The molecule has 20 heavy (non-hydrogen) atoms. The largest absolute Gasteiger partial charge is 0.493 e. The molecule has 1 saturated heterocycles. The normalized spacial score (nSPS) is 26.5. The van der Waals surface area contributed by atoms with Crippen molar-refractivity contribution in [3.8, 4) is 5.75 Å². The number of para-hydroxylation sites is 1. The second-order valence-electron chi connectivity index (χ2n) is 5.91. The molecule has 1 aliphatic carbocycles. The van der Waals surface area contributed by atoms with Crippen LogP contribution < -0.4 is 15.4 Å². The molecule has 0 radical (unpaired) electrons. The highest BCUT2D eigenvalue weighted by Gasteiger charge is 2.40. The van der Waals surface area contributed by atoms with E-state index < -0.39 is 0 Å². The molecular weight excluding hydrogens is 255 g/mol. The van der Waals surface area contributed by atoms with Crippen LogP contribution >= 0.6 is 0 Å². The zero-order valence-electron chi connectivity index (χ0n) is 12.0. The van der Waals surface area contributed by atoms with Crippen molar-refractivity contribution < 1.29 is 9.13 Å². The molecule has 110 valence electrons. The van der Waals surface area contributed by atoms with Gasteiger partial charge in [-0.25, -0.2) is 4.39 Å². The number of methoxy groups -OCH3 is 1. The first kappa shape index (κ1) is 13.8. The Morgan fingerprint density at radius 3 is 2.90 bits per heavy atom. The maximum atomic E-state index is 13.7. The summed E-state index contributed by atoms with van der Waals surface area (Å²) in [5, 5.41) is 7.03. The van der Waals surface area contributed by atoms with Crippen molar-refractivity contribution in [3.05, 3.63) is 29.6 Å². The third-order valence-electron chi connectivity index (χ3n) is 4.52. The van der Waals surface area contributed by atoms with Crippen LogP contribution in [0.5, 0.6) is 5.75 Å². The van der Waals surface area contributed by atoms with Gasteiger partial charge in [-0.2, -0.15) is 0 Å². The molecule has 1 saturated carbocycles. The number of piperidine rings is 1. The van der Waals surface area contributed by atoms with Crippen molar-refractivity contribution in [3.63, 3.8) is 0 Å². The van der Waals surface area contributed by atoms with Gasteiger partial charge in [-0.05, 0) is 50.9 Å². The SMILES string of the molecule is COc1c(F)cccc1C1CC1NCC1CCNCC1. The number of benzene rings is 1. The van der Waals surface area contributed by atoms with E-state index in [1.54, 1.807) is 13.2 Å². The van der Waals surface area contributed by atoms with Crippen LogP contribution in [0.1, 0.15) is 30.7 Å². The minimum atomic E-state index is -0.256. The van der Waals surface area contributed by atoms with E-state index in [1.165, 1.54) is 18.9 Å². The molecule has 0 spiro atoms. The Labute approximate surface area is 119 Å². The van der Waals surface area contributed by atoms with Crippen molar-refractivity contribution in [2.45, 2.75) is 31.2 Å². The van der Waals surface area contributed by atoms with Gasteiger partial charge in [0, 0.05) is 17.5 Å². The first-order chi connectivity index (χ1) is 9.79. The fraction of sp³-hybridized carbons (Fsp3) is 0.625. The maximum Gasteiger partial charge on any atom is 0.165 e. The molecule has 2 fully saturated rings. The Morgan fingerprint density at radius 1 is 1.35 bits per heavy atom. The van der Waals surface area contributed by atoms with Crippen LogP contribution in [0, 0.1) is 11.7 Å². The summed E-state index contributed by atoms with van der Waals surface area (Å²) in [6, 6.07) is 5.71. The Hall–Kier alpha value is -1.13. The minimum absolute atomic E-state index is 0.256. The van der Waals surface area contributed by atoms with Gasteiger partial charge < -0.3 is 15.4 Å². The molecule has 1 aromatic carbocycles. The molecule has 2 N–H and O–H groups in total. The van der Waals surface area contributed by atoms with Crippen LogP contribution in [0.4, 0.5) is 4.39 Å². The fourth-order valence-electron chi connectivity index (χ4n) is 3.20. The van der Waals surface area contributed by atoms with Gasteiger partial charge in [0.25, 0.3) is 0 Å². The average molecular weight is 278 g/mol. The van der Waals surface area contributed by atoms with Crippen molar-refractivity contribution in [1.82, 2.24) is 10.6 Å². The number of halogens is 1. The number of nitrogens with one attached hydrogen (secondary N) is 2. The van der Waals surface area contributed by atoms with Gasteiger partial charge in [-0.15, -0.1) is 0 Å². The summed E-state index contributed by atoms with van der Waals surface area (Å²) in [4.78, 5) is 0. The summed E-state index contributed by atoms with van der Waals surface area (Å²) < 4.78 is 18.9. The van der Waals surface area contributed by atoms with E-state index in [4.69, 9.17) is 4.74 Å². The first-order valence-electron chi connectivity index (χ1n) is 7.56. The van der Waals surface area contributed by atoms with Crippen LogP contribution in [0.25, 0.3) is 0 Å². The van der Waals surface area contributed by atoms with Crippen LogP contribution in [0.15, 0.2) is 18.2 Å². The summed E-state index contributed by atoms with van der Waals surface area (Å²) in [5.41, 5.74) is 1.01. The van der Waals surface area contributed by atoms with Crippen molar-refractivity contribution in [2.75, 3.05) is 26.7 Å². The first-order valence-corrected chi connectivity index (χ1v) is 7.56. The molecule has 0 bridgehead atoms. The lowest BCUT2D eigenvalue weighted by atomic mass is 9.98. The molecule has 4 heteroatoms. The predicted molar refractivity (Wildman–Crippen MR) is 77.7 cm³/mol. The summed E-state index contributed by atoms with van der Waals surface area (Å²) in [6.07, 6.45) is 3.60. The lowest BCUT2D eigenvalue weighted by molar-refractivity contribution is 0.354. The van der Waals surface area contributed by atoms with Crippen molar-refractivity contribution >= 4 is 0 Å². The highest BCUT2D eigenvalue weighted by Crippen LogP contribution is 2.45. The molecule has 3 rings (SSSR count). The average Bonchev–Trinajstić information content (AvgIpc) is 3.25. The third-order valence-corrected chi connectivity index (χ3v) is 4.52. The summed E-state index contributed by atoms with van der Waals surface area (Å²) in [5.74, 6) is 1.35. The van der Waals surface area contributed by atoms with Crippen LogP contribution in [0.2, 0.25) is 0 Å². The number of hydrogen-bond acceptors (Lipinski definition) is 3. The molecular formula is C16H23FN2O. The summed E-state index contributed by atoms with van der Waals surface area (Å²) in [6.45, 7) is 3.36. The zero-order valence-corrected chi connectivity index (χ0v) is 12.0. The van der Waals surface area contributed by atoms with E-state index in [0.29, 0.717) is 17.7 Å². The van der Waals surface area contributed by atoms with Gasteiger partial charge in [0.1, 0.15) is 0 Å². The number of hydrogen-bond donors (Lipinski definition) is 2. The second-order valence-corrected chi connectivity index (χ2v) is 5.91. The van der Waals surface area contributed by atoms with Crippen LogP contribution in [-0.4, -0.2) is 32.8 Å². The monoisotopic (exact) mass is 278 g/mol. The molecule has 1 heterocycles. The lowest BCUT2D eigenvalue weighted by Crippen LogP contribution is -2.34. The molecule has 2 aliphatic rings. The topological polar surface area (TPSA) is 33.3 Å². The second kappa shape index (κ2) is 6.10. The Bertz CT molecular complexity index is 460. The maximum absolute atomic E-state index is 13.7. The molecule has 1 aliphatic heterocycles. The van der Waals surface area contributed by atoms with Crippen LogP contribution in [-0.2, 0) is 0 Å². The van der Waals surface area contributed by atoms with Gasteiger partial charge in [-0.3, -0.25) is 0 Å². The number of rotatable bonds is 5. The molecule has 0 aromatic heterocycles. The third kappa shape index (κ3) is 2.96. The zero-order chi connectivity index (χ0) is 13.9. The summed E-state index contributed by atoms with van der Waals surface area (Å²) in [7, 11) is 1.54. The van der Waals surface area contributed by atoms with Gasteiger partial charge in [0.2, 0.25) is 0 Å². The standard InChI is InChI=1S/C16H23FN2O/c1-20-16-12(3-2-4-14(16)17)13-9-15(13)19-10-11-5-7-18-8-6-11/h2-4,11,13,15,18-19H,5-10H2,1H3. The Kier molecular flexibility index (Phi) is 4.22. The molecule has 1 aromatic rings. The van der Waals surface area contributed by atoms with Crippen LogP contribution in [0.3, 0.4) is 0 Å². The van der Waals surface area contributed by atoms with Gasteiger partial charge in [0.15, 0.2) is 11.6 Å². The molecule has 2 atom stereocenters. The number of ether oxygens (including phenoxy) is 1.